The summed E-state index contributed by atoms with van der Waals surface area (Å²) in [5, 5.41) is 3.15. The molecule has 5 nitrogen and oxygen atoms in total. The molecule has 30 heavy (non-hydrogen) atoms. The third-order valence-electron chi connectivity index (χ3n) is 7.83. The van der Waals surface area contributed by atoms with Crippen molar-refractivity contribution >= 4 is 11.9 Å². The molecule has 0 radical (unpaired) electrons. The Bertz CT molecular complexity index is 767. The third-order valence-corrected chi connectivity index (χ3v) is 7.83. The number of hydrogen-bond acceptors (Lipinski definition) is 4. The maximum absolute atomic E-state index is 12.9. The Hall–Kier alpha value is -1.88. The Morgan fingerprint density at radius 2 is 2.00 bits per heavy atom. The first-order valence-corrected chi connectivity index (χ1v) is 11.6. The highest BCUT2D eigenvalue weighted by molar-refractivity contribution is 5.80. The fourth-order valence-corrected chi connectivity index (χ4v) is 6.64. The summed E-state index contributed by atoms with van der Waals surface area (Å²) in [6.07, 6.45) is 9.16. The zero-order chi connectivity index (χ0) is 21.2. The van der Waals surface area contributed by atoms with E-state index in [0.29, 0.717) is 37.4 Å². The van der Waals surface area contributed by atoms with E-state index in [1.807, 2.05) is 4.90 Å². The lowest BCUT2D eigenvalue weighted by Crippen LogP contribution is -2.56. The summed E-state index contributed by atoms with van der Waals surface area (Å²) in [7, 11) is 1.40. The molecule has 1 aromatic rings. The molecule has 1 aromatic carbocycles. The average Bonchev–Trinajstić information content (AvgIpc) is 2.76. The van der Waals surface area contributed by atoms with E-state index >= 15 is 0 Å². The van der Waals surface area contributed by atoms with Crippen LogP contribution in [0.1, 0.15) is 63.9 Å². The number of methoxy groups -OCH3 is 1. The predicted octanol–water partition coefficient (Wildman–Crippen LogP) is 3.67. The van der Waals surface area contributed by atoms with E-state index in [1.54, 1.807) is 0 Å². The molecule has 2 saturated carbocycles. The second-order valence-electron chi connectivity index (χ2n) is 10.2. The maximum atomic E-state index is 12.9. The van der Waals surface area contributed by atoms with Crippen molar-refractivity contribution in [3.05, 3.63) is 35.9 Å². The lowest BCUT2D eigenvalue weighted by atomic mass is 9.50. The molecule has 1 N–H and O–H groups in total. The van der Waals surface area contributed by atoms with E-state index in [0.717, 1.165) is 6.42 Å². The van der Waals surface area contributed by atoms with E-state index in [-0.39, 0.29) is 17.3 Å². The maximum Gasteiger partial charge on any atom is 0.324 e. The van der Waals surface area contributed by atoms with Gasteiger partial charge in [-0.05, 0) is 60.8 Å². The minimum absolute atomic E-state index is 0.181. The molecule has 2 aliphatic carbocycles. The van der Waals surface area contributed by atoms with E-state index < -0.39 is 6.04 Å². The molecule has 3 aliphatic rings. The highest BCUT2D eigenvalue weighted by Crippen LogP contribution is 2.58. The number of carbonyl (C=O) groups is 2. The minimum atomic E-state index is -0.401. The van der Waals surface area contributed by atoms with E-state index in [1.165, 1.54) is 51.2 Å². The number of nitrogens with one attached hydrogen (secondary N) is 1. The van der Waals surface area contributed by atoms with Gasteiger partial charge in [-0.3, -0.25) is 9.59 Å². The van der Waals surface area contributed by atoms with Crippen molar-refractivity contribution in [1.29, 1.82) is 0 Å². The SMILES string of the molecule is COC(=O)[C@H]1CN(C(=O)CCC2CC3(C)CCCC(c4ccccc4)(C2)C3)CCN1. The number of ether oxygens (including phenoxy) is 1. The van der Waals surface area contributed by atoms with Crippen molar-refractivity contribution in [3.63, 3.8) is 0 Å². The molecular formula is C25H36N2O3. The van der Waals surface area contributed by atoms with Crippen molar-refractivity contribution in [2.45, 2.75) is 69.7 Å². The third kappa shape index (κ3) is 4.41. The number of amides is 1. The Kier molecular flexibility index (Phi) is 6.19. The number of fused-ring (bicyclic) bond motifs is 2. The smallest absolute Gasteiger partial charge is 0.324 e. The minimum Gasteiger partial charge on any atom is -0.468 e. The van der Waals surface area contributed by atoms with Crippen LogP contribution >= 0.6 is 0 Å². The lowest BCUT2D eigenvalue weighted by Gasteiger charge is -2.54. The second-order valence-corrected chi connectivity index (χ2v) is 10.2. The van der Waals surface area contributed by atoms with E-state index in [2.05, 4.69) is 42.6 Å². The zero-order valence-electron chi connectivity index (χ0n) is 18.5. The second kappa shape index (κ2) is 8.70. The van der Waals surface area contributed by atoms with Crippen molar-refractivity contribution < 1.29 is 14.3 Å². The van der Waals surface area contributed by atoms with Crippen LogP contribution in [0.5, 0.6) is 0 Å². The standard InChI is InChI=1S/C25H36N2O3/c1-24-11-6-12-25(18-24,20-7-4-3-5-8-20)16-19(15-24)9-10-22(28)27-14-13-26-21(17-27)23(29)30-2/h3-5,7-8,19,21,26H,6,9-18H2,1-2H3/t19?,21-,24?,25?/m1/s1. The van der Waals surface area contributed by atoms with Crippen LogP contribution in [0.4, 0.5) is 0 Å². The van der Waals surface area contributed by atoms with Crippen molar-refractivity contribution in [2.24, 2.45) is 11.3 Å². The topological polar surface area (TPSA) is 58.6 Å². The van der Waals surface area contributed by atoms with Crippen LogP contribution in [0.15, 0.2) is 30.3 Å². The lowest BCUT2D eigenvalue weighted by molar-refractivity contribution is -0.145. The van der Waals surface area contributed by atoms with Crippen LogP contribution in [0.2, 0.25) is 0 Å². The first-order valence-electron chi connectivity index (χ1n) is 11.6. The summed E-state index contributed by atoms with van der Waals surface area (Å²) in [5.74, 6) is 0.484. The quantitative estimate of drug-likeness (QED) is 0.750. The van der Waals surface area contributed by atoms with Gasteiger partial charge in [-0.15, -0.1) is 0 Å². The fourth-order valence-electron chi connectivity index (χ4n) is 6.64. The van der Waals surface area contributed by atoms with Crippen LogP contribution < -0.4 is 5.32 Å². The van der Waals surface area contributed by atoms with Gasteiger partial charge in [-0.1, -0.05) is 43.7 Å². The van der Waals surface area contributed by atoms with Crippen molar-refractivity contribution in [3.8, 4) is 0 Å². The van der Waals surface area contributed by atoms with Crippen LogP contribution in [-0.4, -0.2) is 49.6 Å². The number of carbonyl (C=O) groups excluding carboxylic acids is 2. The van der Waals surface area contributed by atoms with Gasteiger partial charge in [0.15, 0.2) is 0 Å². The Labute approximate surface area is 180 Å². The summed E-state index contributed by atoms with van der Waals surface area (Å²) < 4.78 is 4.84. The number of rotatable bonds is 5. The molecular weight excluding hydrogens is 376 g/mol. The molecule has 3 unspecified atom stereocenters. The van der Waals surface area contributed by atoms with Gasteiger partial charge in [0, 0.05) is 26.1 Å². The largest absolute Gasteiger partial charge is 0.468 e. The van der Waals surface area contributed by atoms with Gasteiger partial charge in [0.05, 0.1) is 7.11 Å². The number of hydrogen-bond donors (Lipinski definition) is 1. The van der Waals surface area contributed by atoms with Crippen LogP contribution in [0, 0.1) is 11.3 Å². The normalized spacial score (nSPS) is 33.7. The van der Waals surface area contributed by atoms with Gasteiger partial charge < -0.3 is 15.0 Å². The van der Waals surface area contributed by atoms with Gasteiger partial charge in [0.2, 0.25) is 5.91 Å². The Balaban J connectivity index is 1.40. The van der Waals surface area contributed by atoms with E-state index in [9.17, 15) is 9.59 Å². The van der Waals surface area contributed by atoms with Crippen LogP contribution in [-0.2, 0) is 19.7 Å². The summed E-state index contributed by atoms with van der Waals surface area (Å²) >= 11 is 0. The molecule has 1 heterocycles. The summed E-state index contributed by atoms with van der Waals surface area (Å²) in [6, 6.07) is 10.7. The molecule has 0 spiro atoms. The molecule has 1 saturated heterocycles. The summed E-state index contributed by atoms with van der Waals surface area (Å²) in [6.45, 7) is 4.20. The predicted molar refractivity (Wildman–Crippen MR) is 117 cm³/mol. The Morgan fingerprint density at radius 3 is 2.77 bits per heavy atom. The summed E-state index contributed by atoms with van der Waals surface area (Å²) in [4.78, 5) is 26.6. The molecule has 1 amide bonds. The molecule has 4 atom stereocenters. The van der Waals surface area contributed by atoms with Gasteiger partial charge in [0.1, 0.15) is 6.04 Å². The van der Waals surface area contributed by atoms with Crippen molar-refractivity contribution in [1.82, 2.24) is 10.2 Å². The average molecular weight is 413 g/mol. The molecule has 164 valence electrons. The molecule has 3 fully saturated rings. The number of nitrogens with zero attached hydrogens (tertiary/aromatic N) is 1. The molecule has 1 aliphatic heterocycles. The monoisotopic (exact) mass is 412 g/mol. The van der Waals surface area contributed by atoms with E-state index in [4.69, 9.17) is 4.74 Å². The first kappa shape index (κ1) is 21.4. The number of benzene rings is 1. The van der Waals surface area contributed by atoms with Gasteiger partial charge >= 0.3 is 5.97 Å². The molecule has 0 aromatic heterocycles. The highest BCUT2D eigenvalue weighted by Gasteiger charge is 2.49. The zero-order valence-corrected chi connectivity index (χ0v) is 18.5. The first-order chi connectivity index (χ1) is 14.4. The van der Waals surface area contributed by atoms with Gasteiger partial charge in [-0.25, -0.2) is 0 Å². The highest BCUT2D eigenvalue weighted by atomic mass is 16.5. The molecule has 4 rings (SSSR count). The number of piperazine rings is 1. The van der Waals surface area contributed by atoms with Crippen molar-refractivity contribution in [2.75, 3.05) is 26.7 Å². The molecule has 5 heteroatoms. The van der Waals surface area contributed by atoms with Crippen LogP contribution in [0.25, 0.3) is 0 Å². The molecule has 2 bridgehead atoms. The van der Waals surface area contributed by atoms with Gasteiger partial charge in [0.25, 0.3) is 0 Å². The van der Waals surface area contributed by atoms with Crippen LogP contribution in [0.3, 0.4) is 0 Å². The number of esters is 1. The fraction of sp³-hybridized carbons (Fsp3) is 0.680. The Morgan fingerprint density at radius 1 is 1.20 bits per heavy atom. The summed E-state index contributed by atoms with van der Waals surface area (Å²) in [5.41, 5.74) is 2.17. The van der Waals surface area contributed by atoms with Gasteiger partial charge in [-0.2, -0.15) is 0 Å².